The van der Waals surface area contributed by atoms with Crippen molar-refractivity contribution >= 4 is 0 Å². The second-order valence-electron chi connectivity index (χ2n) is 7.06. The quantitative estimate of drug-likeness (QED) is 0.908. The number of likely N-dealkylation sites (tertiary alicyclic amines) is 1. The zero-order chi connectivity index (χ0) is 14.5. The third-order valence-electron chi connectivity index (χ3n) is 5.79. The lowest BCUT2D eigenvalue weighted by molar-refractivity contribution is 0.0155. The lowest BCUT2D eigenvalue weighted by atomic mass is 9.63. The first-order valence-corrected chi connectivity index (χ1v) is 8.79. The van der Waals surface area contributed by atoms with E-state index in [1.807, 2.05) is 0 Å². The fraction of sp³-hybridized carbons (Fsp3) is 0.684. The minimum Gasteiger partial charge on any atom is -0.316 e. The maximum atomic E-state index is 3.63. The van der Waals surface area contributed by atoms with E-state index in [1.54, 1.807) is 0 Å². The normalized spacial score (nSPS) is 26.0. The van der Waals surface area contributed by atoms with Gasteiger partial charge in [0.05, 0.1) is 0 Å². The van der Waals surface area contributed by atoms with E-state index in [4.69, 9.17) is 0 Å². The van der Waals surface area contributed by atoms with Crippen molar-refractivity contribution in [3.63, 3.8) is 0 Å². The second-order valence-corrected chi connectivity index (χ2v) is 7.06. The number of piperidine rings is 2. The van der Waals surface area contributed by atoms with E-state index < -0.39 is 0 Å². The van der Waals surface area contributed by atoms with Crippen LogP contribution in [0.15, 0.2) is 30.3 Å². The fourth-order valence-corrected chi connectivity index (χ4v) is 4.45. The predicted octanol–water partition coefficient (Wildman–Crippen LogP) is 3.68. The summed E-state index contributed by atoms with van der Waals surface area (Å²) in [6.07, 6.45) is 6.96. The van der Waals surface area contributed by atoms with Gasteiger partial charge in [-0.15, -0.1) is 0 Å². The van der Waals surface area contributed by atoms with Gasteiger partial charge in [-0.1, -0.05) is 43.7 Å². The molecule has 1 spiro atoms. The van der Waals surface area contributed by atoms with Gasteiger partial charge >= 0.3 is 0 Å². The number of hydrogen-bond donors (Lipinski definition) is 1. The van der Waals surface area contributed by atoms with Gasteiger partial charge in [0.1, 0.15) is 0 Å². The summed E-state index contributed by atoms with van der Waals surface area (Å²) in [6, 6.07) is 10.9. The molecule has 0 bridgehead atoms. The van der Waals surface area contributed by atoms with Crippen LogP contribution in [-0.4, -0.2) is 31.1 Å². The van der Waals surface area contributed by atoms with Crippen molar-refractivity contribution in [1.29, 1.82) is 0 Å². The number of benzene rings is 1. The van der Waals surface area contributed by atoms with Crippen molar-refractivity contribution in [2.75, 3.05) is 26.2 Å². The van der Waals surface area contributed by atoms with E-state index in [2.05, 4.69) is 47.5 Å². The Bertz CT molecular complexity index is 418. The third-order valence-corrected chi connectivity index (χ3v) is 5.79. The fourth-order valence-electron chi connectivity index (χ4n) is 4.45. The maximum Gasteiger partial charge on any atom is 0.0233 e. The van der Waals surface area contributed by atoms with Crippen LogP contribution in [-0.2, 0) is 6.54 Å². The molecule has 0 aromatic heterocycles. The third kappa shape index (κ3) is 3.49. The van der Waals surface area contributed by atoms with Crippen LogP contribution in [0.5, 0.6) is 0 Å². The Kier molecular flexibility index (Phi) is 4.97. The van der Waals surface area contributed by atoms with E-state index in [9.17, 15) is 0 Å². The van der Waals surface area contributed by atoms with Gasteiger partial charge in [0, 0.05) is 6.54 Å². The molecule has 2 aliphatic heterocycles. The van der Waals surface area contributed by atoms with E-state index in [0.29, 0.717) is 5.41 Å². The molecule has 1 unspecified atom stereocenters. The molecule has 21 heavy (non-hydrogen) atoms. The summed E-state index contributed by atoms with van der Waals surface area (Å²) >= 11 is 0. The van der Waals surface area contributed by atoms with Crippen LogP contribution in [0, 0.1) is 11.3 Å². The van der Waals surface area contributed by atoms with Crippen LogP contribution in [0.2, 0.25) is 0 Å². The van der Waals surface area contributed by atoms with Crippen molar-refractivity contribution in [3.8, 4) is 0 Å². The molecule has 2 saturated heterocycles. The molecular formula is C19H30N2. The van der Waals surface area contributed by atoms with Gasteiger partial charge in [-0.05, 0) is 68.8 Å². The zero-order valence-corrected chi connectivity index (χ0v) is 13.5. The van der Waals surface area contributed by atoms with Crippen LogP contribution in [0.4, 0.5) is 0 Å². The van der Waals surface area contributed by atoms with E-state index in [0.717, 1.165) is 12.5 Å². The molecule has 0 saturated carbocycles. The van der Waals surface area contributed by atoms with Crippen molar-refractivity contribution < 1.29 is 0 Å². The molecule has 116 valence electrons. The molecule has 1 atom stereocenters. The van der Waals surface area contributed by atoms with Gasteiger partial charge in [0.2, 0.25) is 0 Å². The van der Waals surface area contributed by atoms with Gasteiger partial charge in [-0.2, -0.15) is 0 Å². The first-order valence-electron chi connectivity index (χ1n) is 8.79. The highest BCUT2D eigenvalue weighted by molar-refractivity contribution is 5.14. The number of nitrogens with zero attached hydrogens (tertiary/aromatic N) is 1. The van der Waals surface area contributed by atoms with Crippen molar-refractivity contribution in [2.45, 2.75) is 45.6 Å². The monoisotopic (exact) mass is 286 g/mol. The van der Waals surface area contributed by atoms with Crippen LogP contribution in [0.25, 0.3) is 0 Å². The molecule has 2 fully saturated rings. The van der Waals surface area contributed by atoms with Gasteiger partial charge in [-0.3, -0.25) is 4.90 Å². The molecular weight excluding hydrogens is 256 g/mol. The SMILES string of the molecule is CCCC1CNCCC12CCN(Cc1ccccc1)CC2. The first kappa shape index (κ1) is 15.1. The first-order chi connectivity index (χ1) is 10.3. The molecule has 1 aromatic carbocycles. The summed E-state index contributed by atoms with van der Waals surface area (Å²) in [5.74, 6) is 0.912. The van der Waals surface area contributed by atoms with Crippen molar-refractivity contribution in [2.24, 2.45) is 11.3 Å². The summed E-state index contributed by atoms with van der Waals surface area (Å²) in [5.41, 5.74) is 2.11. The molecule has 2 aliphatic rings. The maximum absolute atomic E-state index is 3.63. The summed E-state index contributed by atoms with van der Waals surface area (Å²) in [6.45, 7) is 8.54. The summed E-state index contributed by atoms with van der Waals surface area (Å²) < 4.78 is 0. The molecule has 1 N–H and O–H groups in total. The van der Waals surface area contributed by atoms with Crippen LogP contribution < -0.4 is 5.32 Å². The van der Waals surface area contributed by atoms with Crippen LogP contribution >= 0.6 is 0 Å². The molecule has 2 heterocycles. The Morgan fingerprint density at radius 1 is 1.14 bits per heavy atom. The molecule has 0 amide bonds. The lowest BCUT2D eigenvalue weighted by Gasteiger charge is -2.49. The molecule has 0 radical (unpaired) electrons. The molecule has 2 heteroatoms. The second kappa shape index (κ2) is 6.93. The van der Waals surface area contributed by atoms with Crippen molar-refractivity contribution in [3.05, 3.63) is 35.9 Å². The largest absolute Gasteiger partial charge is 0.316 e. The minimum absolute atomic E-state index is 0.647. The van der Waals surface area contributed by atoms with Gasteiger partial charge in [0.25, 0.3) is 0 Å². The Hall–Kier alpha value is -0.860. The highest BCUT2D eigenvalue weighted by Gasteiger charge is 2.42. The summed E-state index contributed by atoms with van der Waals surface area (Å²) in [5, 5.41) is 3.63. The van der Waals surface area contributed by atoms with Gasteiger partial charge < -0.3 is 5.32 Å². The minimum atomic E-state index is 0.647. The van der Waals surface area contributed by atoms with E-state index >= 15 is 0 Å². The zero-order valence-electron chi connectivity index (χ0n) is 13.5. The highest BCUT2D eigenvalue weighted by atomic mass is 15.1. The molecule has 1 aromatic rings. The topological polar surface area (TPSA) is 15.3 Å². The molecule has 3 rings (SSSR count). The van der Waals surface area contributed by atoms with E-state index in [-0.39, 0.29) is 0 Å². The highest BCUT2D eigenvalue weighted by Crippen LogP contribution is 2.45. The molecule has 0 aliphatic carbocycles. The lowest BCUT2D eigenvalue weighted by Crippen LogP contribution is -2.50. The number of hydrogen-bond acceptors (Lipinski definition) is 2. The van der Waals surface area contributed by atoms with Crippen molar-refractivity contribution in [1.82, 2.24) is 10.2 Å². The van der Waals surface area contributed by atoms with E-state index in [1.165, 1.54) is 63.8 Å². The Morgan fingerprint density at radius 2 is 1.90 bits per heavy atom. The standard InChI is InChI=1S/C19H30N2/c1-2-6-18-15-20-12-9-19(18)10-13-21(14-11-19)16-17-7-4-3-5-8-17/h3-5,7-8,18,20H,2,6,9-16H2,1H3. The Labute approximate surface area is 129 Å². The van der Waals surface area contributed by atoms with Crippen LogP contribution in [0.3, 0.4) is 0 Å². The molecule has 2 nitrogen and oxygen atoms in total. The van der Waals surface area contributed by atoms with Gasteiger partial charge in [0.15, 0.2) is 0 Å². The van der Waals surface area contributed by atoms with Gasteiger partial charge in [-0.25, -0.2) is 0 Å². The Morgan fingerprint density at radius 3 is 2.62 bits per heavy atom. The average molecular weight is 286 g/mol. The predicted molar refractivity (Wildman–Crippen MR) is 89.3 cm³/mol. The number of nitrogens with one attached hydrogen (secondary N) is 1. The number of rotatable bonds is 4. The summed E-state index contributed by atoms with van der Waals surface area (Å²) in [4.78, 5) is 2.66. The summed E-state index contributed by atoms with van der Waals surface area (Å²) in [7, 11) is 0. The average Bonchev–Trinajstić information content (AvgIpc) is 2.53. The smallest absolute Gasteiger partial charge is 0.0233 e. The Balaban J connectivity index is 1.58. The van der Waals surface area contributed by atoms with Crippen LogP contribution in [0.1, 0.15) is 44.6 Å².